The van der Waals surface area contributed by atoms with Crippen LogP contribution < -0.4 is 5.32 Å². The third kappa shape index (κ3) is 3.40. The summed E-state index contributed by atoms with van der Waals surface area (Å²) in [6.45, 7) is 15.0. The molecule has 4 nitrogen and oxygen atoms in total. The van der Waals surface area contributed by atoms with Crippen LogP contribution in [0.2, 0.25) is 0 Å². The number of rotatable bonds is 6. The van der Waals surface area contributed by atoms with Gasteiger partial charge in [-0.05, 0) is 32.9 Å². The lowest BCUT2D eigenvalue weighted by atomic mass is 10.1. The fourth-order valence-electron chi connectivity index (χ4n) is 2.04. The second-order valence-corrected chi connectivity index (χ2v) is 5.00. The summed E-state index contributed by atoms with van der Waals surface area (Å²) in [5, 5.41) is 3.26. The Kier molecular flexibility index (Phi) is 4.58. The van der Waals surface area contributed by atoms with Gasteiger partial charge in [0.15, 0.2) is 0 Å². The average Bonchev–Trinajstić information content (AvgIpc) is 2.44. The molecule has 0 aliphatic rings. The van der Waals surface area contributed by atoms with Gasteiger partial charge in [-0.1, -0.05) is 24.8 Å². The van der Waals surface area contributed by atoms with E-state index in [0.717, 1.165) is 33.7 Å². The molecule has 2 aromatic rings. The van der Waals surface area contributed by atoms with Crippen LogP contribution in [0.5, 0.6) is 0 Å². The maximum Gasteiger partial charge on any atom is 0.148 e. The molecule has 0 radical (unpaired) electrons. The molecule has 0 unspecified atom stereocenters. The average molecular weight is 283 g/mol. The lowest BCUT2D eigenvalue weighted by molar-refractivity contribution is 0.299. The summed E-state index contributed by atoms with van der Waals surface area (Å²) < 4.78 is 5.51. The van der Waals surface area contributed by atoms with Crippen LogP contribution in [0, 0.1) is 6.92 Å². The molecule has 0 bridgehead atoms. The van der Waals surface area contributed by atoms with Crippen molar-refractivity contribution in [2.75, 3.05) is 18.5 Å². The van der Waals surface area contributed by atoms with Crippen molar-refractivity contribution in [2.45, 2.75) is 20.8 Å². The van der Waals surface area contributed by atoms with E-state index in [1.165, 1.54) is 0 Å². The number of aryl methyl sites for hydroxylation is 1. The van der Waals surface area contributed by atoms with Crippen molar-refractivity contribution in [1.29, 1.82) is 0 Å². The minimum atomic E-state index is 0.579. The molecule has 1 aromatic carbocycles. The first kappa shape index (κ1) is 15.0. The predicted octanol–water partition coefficient (Wildman–Crippen LogP) is 3.93. The molecule has 2 rings (SSSR count). The summed E-state index contributed by atoms with van der Waals surface area (Å²) in [6, 6.07) is 5.84. The molecule has 110 valence electrons. The number of hydrogen-bond donors (Lipinski definition) is 1. The summed E-state index contributed by atoms with van der Waals surface area (Å²) in [7, 11) is 0. The second-order valence-electron chi connectivity index (χ2n) is 5.00. The zero-order valence-electron chi connectivity index (χ0n) is 12.9. The molecular formula is C17H21N3O. The van der Waals surface area contributed by atoms with Gasteiger partial charge in [0.1, 0.15) is 17.1 Å². The van der Waals surface area contributed by atoms with Crippen LogP contribution in [0.4, 0.5) is 5.82 Å². The summed E-state index contributed by atoms with van der Waals surface area (Å²) in [5.41, 5.74) is 4.42. The molecule has 1 aromatic heterocycles. The van der Waals surface area contributed by atoms with Gasteiger partial charge in [0.25, 0.3) is 0 Å². The first-order valence-corrected chi connectivity index (χ1v) is 7.00. The van der Waals surface area contributed by atoms with Gasteiger partial charge in [-0.15, -0.1) is 0 Å². The monoisotopic (exact) mass is 283 g/mol. The van der Waals surface area contributed by atoms with E-state index in [1.54, 1.807) is 0 Å². The predicted molar refractivity (Wildman–Crippen MR) is 88.2 cm³/mol. The number of hydrogen-bond acceptors (Lipinski definition) is 4. The van der Waals surface area contributed by atoms with Crippen LogP contribution in [0.15, 0.2) is 36.9 Å². The number of fused-ring (bicyclic) bond motifs is 1. The van der Waals surface area contributed by atoms with Gasteiger partial charge in [-0.2, -0.15) is 0 Å². The minimum Gasteiger partial charge on any atom is -0.494 e. The minimum absolute atomic E-state index is 0.579. The number of anilines is 1. The SMILES string of the molecule is C=C(C)CNc1nc2c(C(=C)OCC)cccc2nc1C. The van der Waals surface area contributed by atoms with Crippen LogP contribution in [0.25, 0.3) is 16.8 Å². The summed E-state index contributed by atoms with van der Waals surface area (Å²) in [5.74, 6) is 1.38. The summed E-state index contributed by atoms with van der Waals surface area (Å²) in [6.07, 6.45) is 0. The molecule has 0 aliphatic heterocycles. The van der Waals surface area contributed by atoms with E-state index in [1.807, 2.05) is 39.0 Å². The largest absolute Gasteiger partial charge is 0.494 e. The topological polar surface area (TPSA) is 47.0 Å². The number of ether oxygens (including phenoxy) is 1. The molecule has 0 fully saturated rings. The molecular weight excluding hydrogens is 262 g/mol. The highest BCUT2D eigenvalue weighted by atomic mass is 16.5. The molecule has 0 saturated heterocycles. The lowest BCUT2D eigenvalue weighted by Crippen LogP contribution is -2.07. The molecule has 4 heteroatoms. The standard InChI is InChI=1S/C17H21N3O/c1-6-21-13(5)14-8-7-9-15-16(14)20-17(12(4)19-15)18-10-11(2)3/h7-9H,2,5-6,10H2,1,3-4H3,(H,18,20). The molecule has 0 atom stereocenters. The number of benzene rings is 1. The molecule has 0 amide bonds. The molecule has 0 spiro atoms. The van der Waals surface area contributed by atoms with Crippen molar-refractivity contribution in [2.24, 2.45) is 0 Å². The van der Waals surface area contributed by atoms with E-state index in [0.29, 0.717) is 18.9 Å². The zero-order chi connectivity index (χ0) is 15.4. The number of para-hydroxylation sites is 1. The number of nitrogens with one attached hydrogen (secondary N) is 1. The molecule has 0 saturated carbocycles. The van der Waals surface area contributed by atoms with E-state index >= 15 is 0 Å². The van der Waals surface area contributed by atoms with Gasteiger partial charge in [0.05, 0.1) is 17.8 Å². The first-order chi connectivity index (χ1) is 10.0. The lowest BCUT2D eigenvalue weighted by Gasteiger charge is -2.13. The molecule has 1 heterocycles. The number of nitrogens with zero attached hydrogens (tertiary/aromatic N) is 2. The van der Waals surface area contributed by atoms with Crippen molar-refractivity contribution in [3.63, 3.8) is 0 Å². The Morgan fingerprint density at radius 1 is 1.29 bits per heavy atom. The molecule has 21 heavy (non-hydrogen) atoms. The fraction of sp³-hybridized carbons (Fsp3) is 0.294. The van der Waals surface area contributed by atoms with E-state index in [9.17, 15) is 0 Å². The van der Waals surface area contributed by atoms with Crippen LogP contribution in [-0.4, -0.2) is 23.1 Å². The highest BCUT2D eigenvalue weighted by molar-refractivity contribution is 5.87. The Balaban J connectivity index is 2.49. The Morgan fingerprint density at radius 3 is 2.71 bits per heavy atom. The highest BCUT2D eigenvalue weighted by Gasteiger charge is 2.11. The smallest absolute Gasteiger partial charge is 0.148 e. The normalized spacial score (nSPS) is 10.4. The van der Waals surface area contributed by atoms with Gasteiger partial charge in [-0.3, -0.25) is 0 Å². The van der Waals surface area contributed by atoms with Gasteiger partial charge in [0, 0.05) is 12.1 Å². The zero-order valence-corrected chi connectivity index (χ0v) is 12.9. The van der Waals surface area contributed by atoms with Gasteiger partial charge < -0.3 is 10.1 Å². The van der Waals surface area contributed by atoms with Crippen molar-refractivity contribution >= 4 is 22.6 Å². The van der Waals surface area contributed by atoms with E-state index in [-0.39, 0.29) is 0 Å². The summed E-state index contributed by atoms with van der Waals surface area (Å²) in [4.78, 5) is 9.30. The van der Waals surface area contributed by atoms with Crippen molar-refractivity contribution < 1.29 is 4.74 Å². The van der Waals surface area contributed by atoms with E-state index in [4.69, 9.17) is 9.72 Å². The van der Waals surface area contributed by atoms with Crippen LogP contribution in [-0.2, 0) is 4.74 Å². The van der Waals surface area contributed by atoms with E-state index < -0.39 is 0 Å². The van der Waals surface area contributed by atoms with Crippen LogP contribution >= 0.6 is 0 Å². The quantitative estimate of drug-likeness (QED) is 0.644. The van der Waals surface area contributed by atoms with Gasteiger partial charge in [0.2, 0.25) is 0 Å². The Morgan fingerprint density at radius 2 is 2.05 bits per heavy atom. The Labute approximate surface area is 125 Å². The Hall–Kier alpha value is -2.36. The van der Waals surface area contributed by atoms with E-state index in [2.05, 4.69) is 23.5 Å². The van der Waals surface area contributed by atoms with Gasteiger partial charge in [-0.25, -0.2) is 9.97 Å². The molecule has 0 aliphatic carbocycles. The number of aromatic nitrogens is 2. The molecule has 1 N–H and O–H groups in total. The Bertz CT molecular complexity index is 692. The van der Waals surface area contributed by atoms with Crippen molar-refractivity contribution in [1.82, 2.24) is 9.97 Å². The van der Waals surface area contributed by atoms with Crippen LogP contribution in [0.3, 0.4) is 0 Å². The van der Waals surface area contributed by atoms with Crippen molar-refractivity contribution in [3.05, 3.63) is 48.2 Å². The summed E-state index contributed by atoms with van der Waals surface area (Å²) >= 11 is 0. The first-order valence-electron chi connectivity index (χ1n) is 7.00. The maximum atomic E-state index is 5.51. The maximum absolute atomic E-state index is 5.51. The fourth-order valence-corrected chi connectivity index (χ4v) is 2.04. The third-order valence-corrected chi connectivity index (χ3v) is 3.05. The highest BCUT2D eigenvalue weighted by Crippen LogP contribution is 2.25. The van der Waals surface area contributed by atoms with Crippen LogP contribution in [0.1, 0.15) is 25.1 Å². The third-order valence-electron chi connectivity index (χ3n) is 3.05. The van der Waals surface area contributed by atoms with Crippen molar-refractivity contribution in [3.8, 4) is 0 Å². The second kappa shape index (κ2) is 6.39. The van der Waals surface area contributed by atoms with Gasteiger partial charge >= 0.3 is 0 Å².